The van der Waals surface area contributed by atoms with Crippen molar-refractivity contribution in [3.63, 3.8) is 0 Å². The third kappa shape index (κ3) is 3.16. The Morgan fingerprint density at radius 2 is 2.00 bits per heavy atom. The van der Waals surface area contributed by atoms with Gasteiger partial charge in [-0.15, -0.1) is 0 Å². The zero-order valence-corrected chi connectivity index (χ0v) is 12.5. The molecule has 8 heteroatoms. The van der Waals surface area contributed by atoms with Crippen molar-refractivity contribution in [3.8, 4) is 0 Å². The number of hydrogen-bond acceptors (Lipinski definition) is 5. The molecule has 1 atom stereocenters. The first-order valence-corrected chi connectivity index (χ1v) is 6.95. The van der Waals surface area contributed by atoms with Crippen LogP contribution in [-0.2, 0) is 4.74 Å². The lowest BCUT2D eigenvalue weighted by molar-refractivity contribution is -0.387. The van der Waals surface area contributed by atoms with Crippen LogP contribution in [0.1, 0.15) is 18.5 Å². The van der Waals surface area contributed by atoms with Gasteiger partial charge in [-0.05, 0) is 6.92 Å². The van der Waals surface area contributed by atoms with Crippen LogP contribution < -0.4 is 0 Å². The van der Waals surface area contributed by atoms with Gasteiger partial charge < -0.3 is 9.64 Å². The Labute approximate surface area is 127 Å². The lowest BCUT2D eigenvalue weighted by atomic mass is 10.0. The van der Waals surface area contributed by atoms with E-state index in [2.05, 4.69) is 4.74 Å². The van der Waals surface area contributed by atoms with E-state index < -0.39 is 16.4 Å². The summed E-state index contributed by atoms with van der Waals surface area (Å²) in [6.07, 6.45) is -0.381. The molecule has 1 fully saturated rings. The van der Waals surface area contributed by atoms with Gasteiger partial charge >= 0.3 is 11.8 Å². The molecule has 0 aliphatic carbocycles. The summed E-state index contributed by atoms with van der Waals surface area (Å²) in [5.74, 6) is -0.796. The Hall–Kier alpha value is -2.22. The van der Waals surface area contributed by atoms with Crippen molar-refractivity contribution in [2.24, 2.45) is 0 Å². The molecule has 0 aromatic heterocycles. The number of ether oxygens (including phenoxy) is 1. The minimum Gasteiger partial charge on any atom is -0.453 e. The summed E-state index contributed by atoms with van der Waals surface area (Å²) in [5, 5.41) is 10.8. The number of piperazine rings is 1. The SMILES string of the molecule is COC(=O)N1CCN([C@@H](C)c2cccc([N+](=O)[O-])c2F)CC1. The molecule has 0 unspecified atom stereocenters. The molecule has 1 aliphatic rings. The van der Waals surface area contributed by atoms with Crippen molar-refractivity contribution < 1.29 is 18.8 Å². The number of hydrogen-bond donors (Lipinski definition) is 0. The molecule has 0 spiro atoms. The molecule has 0 saturated carbocycles. The summed E-state index contributed by atoms with van der Waals surface area (Å²) in [6.45, 7) is 3.87. The molecule has 1 saturated heterocycles. The molecule has 22 heavy (non-hydrogen) atoms. The van der Waals surface area contributed by atoms with Crippen LogP contribution in [0.4, 0.5) is 14.9 Å². The number of carbonyl (C=O) groups excluding carboxylic acids is 1. The van der Waals surface area contributed by atoms with Crippen molar-refractivity contribution in [3.05, 3.63) is 39.7 Å². The van der Waals surface area contributed by atoms with Gasteiger partial charge in [0.25, 0.3) is 0 Å². The fourth-order valence-corrected chi connectivity index (χ4v) is 2.62. The number of carbonyl (C=O) groups is 1. The minimum absolute atomic E-state index is 0.292. The van der Waals surface area contributed by atoms with Crippen LogP contribution in [0.2, 0.25) is 0 Å². The highest BCUT2D eigenvalue weighted by Crippen LogP contribution is 2.29. The zero-order chi connectivity index (χ0) is 16.3. The number of methoxy groups -OCH3 is 1. The Bertz CT molecular complexity index is 573. The summed E-state index contributed by atoms with van der Waals surface area (Å²) in [4.78, 5) is 25.1. The number of rotatable bonds is 3. The van der Waals surface area contributed by atoms with Crippen LogP contribution in [0.25, 0.3) is 0 Å². The van der Waals surface area contributed by atoms with Gasteiger partial charge in [0.1, 0.15) is 0 Å². The highest BCUT2D eigenvalue weighted by atomic mass is 19.1. The van der Waals surface area contributed by atoms with Crippen molar-refractivity contribution in [2.75, 3.05) is 33.3 Å². The number of halogens is 1. The first-order chi connectivity index (χ1) is 10.5. The molecule has 1 aromatic carbocycles. The molecule has 1 amide bonds. The molecular formula is C14H18FN3O4. The fourth-order valence-electron chi connectivity index (χ4n) is 2.62. The van der Waals surface area contributed by atoms with Gasteiger partial charge in [0, 0.05) is 43.9 Å². The van der Waals surface area contributed by atoms with Gasteiger partial charge in [-0.3, -0.25) is 15.0 Å². The highest BCUT2D eigenvalue weighted by molar-refractivity contribution is 5.67. The normalized spacial score (nSPS) is 17.1. The van der Waals surface area contributed by atoms with Crippen LogP contribution in [0.3, 0.4) is 0 Å². The maximum absolute atomic E-state index is 14.2. The quantitative estimate of drug-likeness (QED) is 0.631. The van der Waals surface area contributed by atoms with E-state index in [0.717, 1.165) is 6.07 Å². The van der Waals surface area contributed by atoms with E-state index in [-0.39, 0.29) is 12.1 Å². The first-order valence-electron chi connectivity index (χ1n) is 6.95. The summed E-state index contributed by atoms with van der Waals surface area (Å²) >= 11 is 0. The smallest absolute Gasteiger partial charge is 0.409 e. The summed E-state index contributed by atoms with van der Waals surface area (Å²) in [6, 6.07) is 3.89. The Morgan fingerprint density at radius 1 is 1.36 bits per heavy atom. The van der Waals surface area contributed by atoms with E-state index in [1.165, 1.54) is 13.2 Å². The largest absolute Gasteiger partial charge is 0.453 e. The molecule has 2 rings (SSSR count). The molecule has 7 nitrogen and oxygen atoms in total. The van der Waals surface area contributed by atoms with E-state index in [1.54, 1.807) is 17.9 Å². The van der Waals surface area contributed by atoms with Gasteiger partial charge in [-0.1, -0.05) is 12.1 Å². The van der Waals surface area contributed by atoms with Gasteiger partial charge in [0.05, 0.1) is 12.0 Å². The number of nitrogens with zero attached hydrogens (tertiary/aromatic N) is 3. The molecular weight excluding hydrogens is 293 g/mol. The monoisotopic (exact) mass is 311 g/mol. The van der Waals surface area contributed by atoms with Gasteiger partial charge in [-0.2, -0.15) is 4.39 Å². The highest BCUT2D eigenvalue weighted by Gasteiger charge is 2.28. The fraction of sp³-hybridized carbons (Fsp3) is 0.500. The van der Waals surface area contributed by atoms with Crippen LogP contribution in [-0.4, -0.2) is 54.1 Å². The average Bonchev–Trinajstić information content (AvgIpc) is 2.53. The number of nitro benzene ring substituents is 1. The molecule has 0 N–H and O–H groups in total. The topological polar surface area (TPSA) is 75.9 Å². The third-order valence-electron chi connectivity index (χ3n) is 3.95. The lowest BCUT2D eigenvalue weighted by Gasteiger charge is -2.37. The van der Waals surface area contributed by atoms with Gasteiger partial charge in [-0.25, -0.2) is 4.79 Å². The third-order valence-corrected chi connectivity index (χ3v) is 3.95. The summed E-state index contributed by atoms with van der Waals surface area (Å²) in [7, 11) is 1.33. The maximum Gasteiger partial charge on any atom is 0.409 e. The van der Waals surface area contributed by atoms with Gasteiger partial charge in [0.15, 0.2) is 0 Å². The number of benzene rings is 1. The average molecular weight is 311 g/mol. The minimum atomic E-state index is -0.796. The molecule has 1 aromatic rings. The van der Waals surface area contributed by atoms with Crippen LogP contribution in [0.5, 0.6) is 0 Å². The molecule has 120 valence electrons. The lowest BCUT2D eigenvalue weighted by Crippen LogP contribution is -2.49. The van der Waals surface area contributed by atoms with E-state index in [0.29, 0.717) is 31.7 Å². The Balaban J connectivity index is 2.10. The van der Waals surface area contributed by atoms with E-state index >= 15 is 0 Å². The zero-order valence-electron chi connectivity index (χ0n) is 12.5. The predicted octanol–water partition coefficient (Wildman–Crippen LogP) is 2.18. The second kappa shape index (κ2) is 6.69. The maximum atomic E-state index is 14.2. The second-order valence-electron chi connectivity index (χ2n) is 5.11. The van der Waals surface area contributed by atoms with Gasteiger partial charge in [0.2, 0.25) is 5.82 Å². The number of amides is 1. The Kier molecular flexibility index (Phi) is 4.92. The molecule has 0 radical (unpaired) electrons. The number of nitro groups is 1. The van der Waals surface area contributed by atoms with Crippen LogP contribution >= 0.6 is 0 Å². The summed E-state index contributed by atoms with van der Waals surface area (Å²) < 4.78 is 18.9. The molecule has 0 bridgehead atoms. The van der Waals surface area contributed by atoms with E-state index in [9.17, 15) is 19.3 Å². The first kappa shape index (κ1) is 16.2. The van der Waals surface area contributed by atoms with E-state index in [1.807, 2.05) is 4.90 Å². The molecule has 1 aliphatic heterocycles. The van der Waals surface area contributed by atoms with Crippen molar-refractivity contribution in [2.45, 2.75) is 13.0 Å². The molecule has 1 heterocycles. The van der Waals surface area contributed by atoms with Crippen molar-refractivity contribution in [1.29, 1.82) is 0 Å². The van der Waals surface area contributed by atoms with E-state index in [4.69, 9.17) is 0 Å². The van der Waals surface area contributed by atoms with Crippen LogP contribution in [0.15, 0.2) is 18.2 Å². The second-order valence-corrected chi connectivity index (χ2v) is 5.11. The predicted molar refractivity (Wildman–Crippen MR) is 77.0 cm³/mol. The standard InChI is InChI=1S/C14H18FN3O4/c1-10(11-4-3-5-12(13(11)15)18(20)21)16-6-8-17(9-7-16)14(19)22-2/h3-5,10H,6-9H2,1-2H3/t10-/m0/s1. The Morgan fingerprint density at radius 3 is 2.55 bits per heavy atom. The summed E-state index contributed by atoms with van der Waals surface area (Å²) in [5.41, 5.74) is -0.224. The van der Waals surface area contributed by atoms with Crippen LogP contribution in [0, 0.1) is 15.9 Å². The van der Waals surface area contributed by atoms with Crippen molar-refractivity contribution in [1.82, 2.24) is 9.80 Å². The van der Waals surface area contributed by atoms with Crippen molar-refractivity contribution >= 4 is 11.8 Å².